The van der Waals surface area contributed by atoms with Crippen LogP contribution in [0.15, 0.2) is 53.1 Å². The van der Waals surface area contributed by atoms with Crippen molar-refractivity contribution in [1.29, 1.82) is 0 Å². The third kappa shape index (κ3) is 5.45. The lowest BCUT2D eigenvalue weighted by Gasteiger charge is -2.31. The second-order valence-corrected chi connectivity index (χ2v) is 8.69. The molecule has 1 aromatic heterocycles. The minimum atomic E-state index is -0.0620. The minimum absolute atomic E-state index is 0.0216. The fourth-order valence-electron chi connectivity index (χ4n) is 3.86. The van der Waals surface area contributed by atoms with Gasteiger partial charge in [0.2, 0.25) is 17.6 Å². The molecular weight excluding hydrogens is 435 g/mol. The maximum atomic E-state index is 12.8. The molecule has 1 aliphatic heterocycles. The molecule has 1 amide bonds. The molecule has 3 aromatic rings. The number of carbonyl (C=O) groups excluding carboxylic acids is 1. The zero-order chi connectivity index (χ0) is 21.8. The van der Waals surface area contributed by atoms with Gasteiger partial charge in [-0.1, -0.05) is 58.7 Å². The molecule has 0 aliphatic carbocycles. The van der Waals surface area contributed by atoms with Gasteiger partial charge in [-0.25, -0.2) is 0 Å². The van der Waals surface area contributed by atoms with E-state index in [1.54, 1.807) is 18.2 Å². The predicted molar refractivity (Wildman–Crippen MR) is 121 cm³/mol. The fraction of sp³-hybridized carbons (Fsp3) is 0.348. The van der Waals surface area contributed by atoms with E-state index in [4.69, 9.17) is 27.7 Å². The zero-order valence-electron chi connectivity index (χ0n) is 17.2. The number of nitrogens with zero attached hydrogens (tertiary/aromatic N) is 3. The second-order valence-electron chi connectivity index (χ2n) is 7.85. The van der Waals surface area contributed by atoms with Crippen LogP contribution in [0.2, 0.25) is 10.0 Å². The number of likely N-dealkylation sites (tertiary alicyclic amines) is 1. The summed E-state index contributed by atoms with van der Waals surface area (Å²) >= 11 is 12.2. The van der Waals surface area contributed by atoms with Crippen LogP contribution in [0.25, 0.3) is 11.4 Å². The number of hydrogen-bond acceptors (Lipinski definition) is 5. The van der Waals surface area contributed by atoms with Crippen molar-refractivity contribution in [2.45, 2.75) is 32.4 Å². The van der Waals surface area contributed by atoms with Gasteiger partial charge in [-0.3, -0.25) is 9.69 Å². The van der Waals surface area contributed by atoms with Gasteiger partial charge in [-0.15, -0.1) is 0 Å². The number of halogens is 2. The highest BCUT2D eigenvalue weighted by atomic mass is 35.5. The summed E-state index contributed by atoms with van der Waals surface area (Å²) in [6.45, 7) is 4.05. The van der Waals surface area contributed by atoms with Crippen LogP contribution < -0.4 is 5.32 Å². The van der Waals surface area contributed by atoms with Gasteiger partial charge in [-0.05, 0) is 50.1 Å². The molecule has 0 spiro atoms. The molecule has 2 atom stereocenters. The van der Waals surface area contributed by atoms with Crippen LogP contribution in [0.5, 0.6) is 0 Å². The molecule has 0 bridgehead atoms. The smallest absolute Gasteiger partial charge is 0.241 e. The van der Waals surface area contributed by atoms with E-state index in [-0.39, 0.29) is 17.9 Å². The van der Waals surface area contributed by atoms with Crippen molar-refractivity contribution in [2.75, 3.05) is 13.1 Å². The maximum Gasteiger partial charge on any atom is 0.241 e. The third-order valence-electron chi connectivity index (χ3n) is 5.53. The lowest BCUT2D eigenvalue weighted by Crippen LogP contribution is -2.43. The predicted octanol–water partition coefficient (Wildman–Crippen LogP) is 5.13. The summed E-state index contributed by atoms with van der Waals surface area (Å²) in [6, 6.07) is 15.1. The Labute approximate surface area is 191 Å². The van der Waals surface area contributed by atoms with Gasteiger partial charge in [-0.2, -0.15) is 4.98 Å². The molecule has 1 aliphatic rings. The lowest BCUT2D eigenvalue weighted by molar-refractivity contribution is -0.127. The number of piperidine rings is 1. The lowest BCUT2D eigenvalue weighted by atomic mass is 9.96. The Balaban J connectivity index is 1.36. The first-order valence-corrected chi connectivity index (χ1v) is 11.1. The average molecular weight is 459 g/mol. The maximum absolute atomic E-state index is 12.8. The van der Waals surface area contributed by atoms with Crippen molar-refractivity contribution in [3.05, 3.63) is 70.0 Å². The summed E-state index contributed by atoms with van der Waals surface area (Å²) in [4.78, 5) is 19.5. The van der Waals surface area contributed by atoms with E-state index in [2.05, 4.69) is 20.4 Å². The molecule has 1 saturated heterocycles. The van der Waals surface area contributed by atoms with Crippen LogP contribution in [0.1, 0.15) is 37.3 Å². The van der Waals surface area contributed by atoms with E-state index in [1.165, 1.54) is 0 Å². The molecule has 6 nitrogen and oxygen atoms in total. The van der Waals surface area contributed by atoms with E-state index >= 15 is 0 Å². The molecule has 1 N–H and O–H groups in total. The van der Waals surface area contributed by atoms with Crippen molar-refractivity contribution in [2.24, 2.45) is 5.92 Å². The van der Waals surface area contributed by atoms with Crippen LogP contribution in [-0.2, 0) is 11.3 Å². The minimum Gasteiger partial charge on any atom is -0.349 e. The Morgan fingerprint density at radius 3 is 2.84 bits per heavy atom. The quantitative estimate of drug-likeness (QED) is 0.553. The zero-order valence-corrected chi connectivity index (χ0v) is 18.7. The highest BCUT2D eigenvalue weighted by Crippen LogP contribution is 2.29. The Bertz CT molecular complexity index is 1040. The number of rotatable bonds is 6. The molecule has 2 aromatic carbocycles. The van der Waals surface area contributed by atoms with Crippen LogP contribution in [0.3, 0.4) is 0 Å². The number of aromatic nitrogens is 2. The largest absolute Gasteiger partial charge is 0.349 e. The van der Waals surface area contributed by atoms with Crippen molar-refractivity contribution in [1.82, 2.24) is 20.4 Å². The molecule has 31 heavy (non-hydrogen) atoms. The highest BCUT2D eigenvalue weighted by molar-refractivity contribution is 6.36. The first-order valence-electron chi connectivity index (χ1n) is 10.4. The van der Waals surface area contributed by atoms with E-state index in [0.717, 1.165) is 24.9 Å². The molecule has 2 unspecified atom stereocenters. The summed E-state index contributed by atoms with van der Waals surface area (Å²) < 4.78 is 5.43. The molecule has 2 heterocycles. The van der Waals surface area contributed by atoms with Crippen LogP contribution in [-0.4, -0.2) is 34.0 Å². The van der Waals surface area contributed by atoms with Gasteiger partial charge in [0.15, 0.2) is 0 Å². The molecule has 1 fully saturated rings. The Kier molecular flexibility index (Phi) is 6.90. The Hall–Kier alpha value is -2.41. The normalized spacial score (nSPS) is 18.0. The van der Waals surface area contributed by atoms with E-state index in [0.29, 0.717) is 40.4 Å². The van der Waals surface area contributed by atoms with Gasteiger partial charge in [0.25, 0.3) is 0 Å². The first kappa shape index (κ1) is 21.8. The number of amides is 1. The fourth-order valence-corrected chi connectivity index (χ4v) is 4.35. The molecule has 162 valence electrons. The summed E-state index contributed by atoms with van der Waals surface area (Å²) in [5, 5.41) is 8.22. The average Bonchev–Trinajstić information content (AvgIpc) is 3.22. The van der Waals surface area contributed by atoms with Crippen molar-refractivity contribution >= 4 is 29.1 Å². The van der Waals surface area contributed by atoms with Gasteiger partial charge < -0.3 is 9.84 Å². The van der Waals surface area contributed by atoms with Gasteiger partial charge in [0, 0.05) is 17.1 Å². The van der Waals surface area contributed by atoms with Gasteiger partial charge in [0.05, 0.1) is 23.5 Å². The van der Waals surface area contributed by atoms with E-state index in [1.807, 2.05) is 37.3 Å². The first-order chi connectivity index (χ1) is 15.0. The van der Waals surface area contributed by atoms with Crippen molar-refractivity contribution in [3.8, 4) is 11.4 Å². The van der Waals surface area contributed by atoms with E-state index < -0.39 is 0 Å². The molecule has 4 rings (SSSR count). The Morgan fingerprint density at radius 1 is 1.26 bits per heavy atom. The van der Waals surface area contributed by atoms with Crippen LogP contribution in [0, 0.1) is 5.92 Å². The number of benzene rings is 2. The van der Waals surface area contributed by atoms with Crippen molar-refractivity contribution in [3.63, 3.8) is 0 Å². The highest BCUT2D eigenvalue weighted by Gasteiger charge is 2.28. The topological polar surface area (TPSA) is 71.3 Å². The molecule has 8 heteroatoms. The Morgan fingerprint density at radius 2 is 2.06 bits per heavy atom. The molecular formula is C23H24Cl2N4O2. The monoisotopic (exact) mass is 458 g/mol. The third-order valence-corrected chi connectivity index (χ3v) is 6.08. The number of hydrogen-bond donors (Lipinski definition) is 1. The van der Waals surface area contributed by atoms with Crippen LogP contribution in [0.4, 0.5) is 0 Å². The second kappa shape index (κ2) is 9.81. The van der Waals surface area contributed by atoms with Gasteiger partial charge in [0.1, 0.15) is 0 Å². The number of carbonyl (C=O) groups is 1. The molecule has 0 saturated carbocycles. The van der Waals surface area contributed by atoms with Crippen LogP contribution >= 0.6 is 23.2 Å². The molecule has 0 radical (unpaired) electrons. The SMILES string of the molecule is CC(NC(=O)C1CCCN(Cc2nc(-c3ccc(Cl)cc3Cl)no2)C1)c1ccccc1. The number of nitrogens with one attached hydrogen (secondary N) is 1. The standard InChI is InChI=1S/C23H24Cl2N4O2/c1-15(16-6-3-2-4-7-16)26-23(30)17-8-5-11-29(13-17)14-21-27-22(28-31-21)19-10-9-18(24)12-20(19)25/h2-4,6-7,9-10,12,15,17H,5,8,11,13-14H2,1H3,(H,26,30). The summed E-state index contributed by atoms with van der Waals surface area (Å²) in [5.41, 5.74) is 1.77. The van der Waals surface area contributed by atoms with E-state index in [9.17, 15) is 4.79 Å². The van der Waals surface area contributed by atoms with Gasteiger partial charge >= 0.3 is 0 Å². The summed E-state index contributed by atoms with van der Waals surface area (Å²) in [5.74, 6) is 0.951. The summed E-state index contributed by atoms with van der Waals surface area (Å²) in [6.07, 6.45) is 1.82. The summed E-state index contributed by atoms with van der Waals surface area (Å²) in [7, 11) is 0. The van der Waals surface area contributed by atoms with Crippen molar-refractivity contribution < 1.29 is 9.32 Å².